The van der Waals surface area contributed by atoms with Gasteiger partial charge in [0.1, 0.15) is 6.54 Å². The van der Waals surface area contributed by atoms with Crippen LogP contribution in [0, 0.1) is 0 Å². The number of hydrogen-bond acceptors (Lipinski definition) is 2. The Bertz CT molecular complexity index is 270. The molecule has 1 amide bonds. The van der Waals surface area contributed by atoms with Gasteiger partial charge in [0.25, 0.3) is 0 Å². The number of aromatic nitrogens is 1. The molecule has 1 heterocycles. The van der Waals surface area contributed by atoms with Crippen LogP contribution in [0.3, 0.4) is 0 Å². The molecule has 0 bridgehead atoms. The van der Waals surface area contributed by atoms with Crippen LogP contribution in [0.25, 0.3) is 0 Å². The summed E-state index contributed by atoms with van der Waals surface area (Å²) in [6, 6.07) is 3.85. The third-order valence-electron chi connectivity index (χ3n) is 1.82. The van der Waals surface area contributed by atoms with Gasteiger partial charge in [0.2, 0.25) is 5.91 Å². The number of methoxy groups -OCH3 is 1. The molecule has 1 unspecified atom stereocenters. The average Bonchev–Trinajstić information content (AvgIpc) is 2.56. The lowest BCUT2D eigenvalue weighted by Gasteiger charge is -2.12. The van der Waals surface area contributed by atoms with Crippen LogP contribution in [0.15, 0.2) is 24.5 Å². The molecule has 1 aromatic rings. The number of carbonyl (C=O) groups excluding carboxylic acids is 1. The molecule has 1 rings (SSSR count). The quantitative estimate of drug-likeness (QED) is 0.751. The second-order valence-corrected chi connectivity index (χ2v) is 3.28. The van der Waals surface area contributed by atoms with Gasteiger partial charge in [0.05, 0.1) is 6.61 Å². The first-order chi connectivity index (χ1) is 6.72. The maximum Gasteiger partial charge on any atom is 0.240 e. The van der Waals surface area contributed by atoms with E-state index in [4.69, 9.17) is 4.74 Å². The smallest absolute Gasteiger partial charge is 0.240 e. The van der Waals surface area contributed by atoms with E-state index in [1.807, 2.05) is 36.0 Å². The van der Waals surface area contributed by atoms with Crippen molar-refractivity contribution in [1.82, 2.24) is 9.88 Å². The Kier molecular flexibility index (Phi) is 4.19. The van der Waals surface area contributed by atoms with Crippen LogP contribution in [0.1, 0.15) is 6.92 Å². The van der Waals surface area contributed by atoms with Gasteiger partial charge in [-0.1, -0.05) is 0 Å². The lowest BCUT2D eigenvalue weighted by atomic mass is 10.3. The molecule has 1 aromatic heterocycles. The van der Waals surface area contributed by atoms with E-state index in [-0.39, 0.29) is 11.9 Å². The van der Waals surface area contributed by atoms with Crippen molar-refractivity contribution in [1.29, 1.82) is 0 Å². The zero-order valence-electron chi connectivity index (χ0n) is 8.56. The fourth-order valence-electron chi connectivity index (χ4n) is 1.25. The lowest BCUT2D eigenvalue weighted by molar-refractivity contribution is -0.122. The summed E-state index contributed by atoms with van der Waals surface area (Å²) in [5, 5.41) is 2.83. The fraction of sp³-hybridized carbons (Fsp3) is 0.500. The molecular weight excluding hydrogens is 180 g/mol. The number of amides is 1. The predicted octanol–water partition coefficient (Wildman–Crippen LogP) is 0.639. The van der Waals surface area contributed by atoms with Gasteiger partial charge in [-0.25, -0.2) is 0 Å². The molecule has 0 spiro atoms. The zero-order chi connectivity index (χ0) is 10.4. The van der Waals surface area contributed by atoms with E-state index < -0.39 is 0 Å². The summed E-state index contributed by atoms with van der Waals surface area (Å²) < 4.78 is 6.75. The normalized spacial score (nSPS) is 12.4. The van der Waals surface area contributed by atoms with Gasteiger partial charge in [-0.2, -0.15) is 0 Å². The van der Waals surface area contributed by atoms with E-state index >= 15 is 0 Å². The van der Waals surface area contributed by atoms with Crippen molar-refractivity contribution in [2.24, 2.45) is 0 Å². The van der Waals surface area contributed by atoms with E-state index in [0.717, 1.165) is 0 Å². The molecule has 0 radical (unpaired) electrons. The Hall–Kier alpha value is -1.29. The molecule has 0 fully saturated rings. The minimum atomic E-state index is 0.00532. The number of hydrogen-bond donors (Lipinski definition) is 1. The lowest BCUT2D eigenvalue weighted by Crippen LogP contribution is -2.37. The van der Waals surface area contributed by atoms with Crippen LogP contribution in [0.2, 0.25) is 0 Å². The third-order valence-corrected chi connectivity index (χ3v) is 1.82. The molecule has 0 aliphatic rings. The first-order valence-electron chi connectivity index (χ1n) is 4.61. The van der Waals surface area contributed by atoms with Gasteiger partial charge in [-0.15, -0.1) is 0 Å². The number of carbonyl (C=O) groups is 1. The van der Waals surface area contributed by atoms with Crippen LogP contribution < -0.4 is 5.32 Å². The summed E-state index contributed by atoms with van der Waals surface area (Å²) in [7, 11) is 1.62. The molecular formula is C10H16N2O2. The van der Waals surface area contributed by atoms with Crippen molar-refractivity contribution in [3.8, 4) is 0 Å². The Labute approximate surface area is 83.9 Å². The molecule has 0 saturated heterocycles. The Balaban J connectivity index is 2.29. The summed E-state index contributed by atoms with van der Waals surface area (Å²) >= 11 is 0. The molecule has 0 aliphatic heterocycles. The van der Waals surface area contributed by atoms with Gasteiger partial charge in [-0.05, 0) is 19.1 Å². The Morgan fingerprint density at radius 1 is 1.50 bits per heavy atom. The molecule has 0 aromatic carbocycles. The van der Waals surface area contributed by atoms with Crippen LogP contribution >= 0.6 is 0 Å². The van der Waals surface area contributed by atoms with Crippen LogP contribution in [-0.2, 0) is 16.1 Å². The standard InChI is InChI=1S/C10H16N2O2/c1-9(8-14-2)11-10(13)7-12-5-3-4-6-12/h3-6,9H,7-8H2,1-2H3,(H,11,13). The average molecular weight is 196 g/mol. The van der Waals surface area contributed by atoms with E-state index in [0.29, 0.717) is 13.2 Å². The highest BCUT2D eigenvalue weighted by molar-refractivity contribution is 5.76. The monoisotopic (exact) mass is 196 g/mol. The summed E-state index contributed by atoms with van der Waals surface area (Å²) in [4.78, 5) is 11.4. The number of rotatable bonds is 5. The molecule has 14 heavy (non-hydrogen) atoms. The summed E-state index contributed by atoms with van der Waals surface area (Å²) in [6.07, 6.45) is 3.72. The summed E-state index contributed by atoms with van der Waals surface area (Å²) in [5.74, 6) is 0.00532. The molecule has 0 saturated carbocycles. The minimum Gasteiger partial charge on any atom is -0.383 e. The van der Waals surface area contributed by atoms with Crippen LogP contribution in [0.4, 0.5) is 0 Å². The van der Waals surface area contributed by atoms with Gasteiger partial charge < -0.3 is 14.6 Å². The molecule has 78 valence electrons. The van der Waals surface area contributed by atoms with Crippen molar-refractivity contribution in [3.63, 3.8) is 0 Å². The number of nitrogens with one attached hydrogen (secondary N) is 1. The predicted molar refractivity (Wildman–Crippen MR) is 53.9 cm³/mol. The van der Waals surface area contributed by atoms with Crippen LogP contribution in [-0.4, -0.2) is 30.2 Å². The van der Waals surface area contributed by atoms with Crippen molar-refractivity contribution in [3.05, 3.63) is 24.5 Å². The van der Waals surface area contributed by atoms with Gasteiger partial charge in [0, 0.05) is 25.5 Å². The highest BCUT2D eigenvalue weighted by atomic mass is 16.5. The van der Waals surface area contributed by atoms with Crippen molar-refractivity contribution in [2.45, 2.75) is 19.5 Å². The van der Waals surface area contributed by atoms with Gasteiger partial charge in [-0.3, -0.25) is 4.79 Å². The Morgan fingerprint density at radius 3 is 2.71 bits per heavy atom. The van der Waals surface area contributed by atoms with E-state index in [1.54, 1.807) is 7.11 Å². The molecule has 4 nitrogen and oxygen atoms in total. The maximum atomic E-state index is 11.4. The number of ether oxygens (including phenoxy) is 1. The minimum absolute atomic E-state index is 0.00532. The van der Waals surface area contributed by atoms with Crippen molar-refractivity contribution >= 4 is 5.91 Å². The highest BCUT2D eigenvalue weighted by Crippen LogP contribution is 1.90. The topological polar surface area (TPSA) is 43.3 Å². The first kappa shape index (κ1) is 10.8. The highest BCUT2D eigenvalue weighted by Gasteiger charge is 2.06. The Morgan fingerprint density at radius 2 is 2.14 bits per heavy atom. The molecule has 0 aliphatic carbocycles. The maximum absolute atomic E-state index is 11.4. The van der Waals surface area contributed by atoms with Crippen molar-refractivity contribution in [2.75, 3.05) is 13.7 Å². The van der Waals surface area contributed by atoms with Gasteiger partial charge in [0.15, 0.2) is 0 Å². The fourth-order valence-corrected chi connectivity index (χ4v) is 1.25. The first-order valence-corrected chi connectivity index (χ1v) is 4.61. The zero-order valence-corrected chi connectivity index (χ0v) is 8.56. The largest absolute Gasteiger partial charge is 0.383 e. The summed E-state index contributed by atoms with van der Waals surface area (Å²) in [5.41, 5.74) is 0. The molecule has 4 heteroatoms. The molecule has 1 atom stereocenters. The summed E-state index contributed by atoms with van der Waals surface area (Å²) in [6.45, 7) is 2.82. The van der Waals surface area contributed by atoms with Crippen molar-refractivity contribution < 1.29 is 9.53 Å². The SMILES string of the molecule is COCC(C)NC(=O)Cn1cccc1. The second-order valence-electron chi connectivity index (χ2n) is 3.28. The van der Waals surface area contributed by atoms with Crippen LogP contribution in [0.5, 0.6) is 0 Å². The van der Waals surface area contributed by atoms with E-state index in [2.05, 4.69) is 5.32 Å². The van der Waals surface area contributed by atoms with E-state index in [1.165, 1.54) is 0 Å². The van der Waals surface area contributed by atoms with E-state index in [9.17, 15) is 4.79 Å². The second kappa shape index (κ2) is 5.44. The molecule has 1 N–H and O–H groups in total. The van der Waals surface area contributed by atoms with Gasteiger partial charge >= 0.3 is 0 Å². The third kappa shape index (κ3) is 3.62. The number of nitrogens with zero attached hydrogens (tertiary/aromatic N) is 1.